The highest BCUT2D eigenvalue weighted by molar-refractivity contribution is 7.90. The standard InChI is InChI=1S/C12H17FN2O4S/c1-14(8-7-12(16)19-3)20(17,18)15(2)11-6-4-5-10(13)9-11/h4-6,9H,7-8H2,1-3H3. The van der Waals surface area contributed by atoms with Crippen molar-refractivity contribution in [1.82, 2.24) is 4.31 Å². The number of nitrogens with zero attached hydrogens (tertiary/aromatic N) is 2. The number of methoxy groups -OCH3 is 1. The third-order valence-electron chi connectivity index (χ3n) is 2.77. The number of ether oxygens (including phenoxy) is 1. The van der Waals surface area contributed by atoms with Gasteiger partial charge in [-0.2, -0.15) is 12.7 Å². The number of hydrogen-bond donors (Lipinski definition) is 0. The number of benzene rings is 1. The maximum atomic E-state index is 13.1. The first-order valence-corrected chi connectivity index (χ1v) is 7.21. The van der Waals surface area contributed by atoms with Crippen molar-refractivity contribution in [1.29, 1.82) is 0 Å². The van der Waals surface area contributed by atoms with Crippen LogP contribution in [0.3, 0.4) is 0 Å². The summed E-state index contributed by atoms with van der Waals surface area (Å²) in [6.45, 7) is -0.0192. The highest BCUT2D eigenvalue weighted by atomic mass is 32.2. The van der Waals surface area contributed by atoms with E-state index in [9.17, 15) is 17.6 Å². The van der Waals surface area contributed by atoms with Crippen LogP contribution in [0.1, 0.15) is 6.42 Å². The first kappa shape index (κ1) is 16.4. The number of carbonyl (C=O) groups is 1. The van der Waals surface area contributed by atoms with Crippen molar-refractivity contribution in [3.63, 3.8) is 0 Å². The summed E-state index contributed by atoms with van der Waals surface area (Å²) in [6, 6.07) is 5.25. The molecule has 0 fully saturated rings. The smallest absolute Gasteiger partial charge is 0.306 e. The third kappa shape index (κ3) is 3.91. The van der Waals surface area contributed by atoms with Gasteiger partial charge in [0.15, 0.2) is 0 Å². The lowest BCUT2D eigenvalue weighted by Crippen LogP contribution is -2.40. The zero-order valence-electron chi connectivity index (χ0n) is 11.5. The molecular weight excluding hydrogens is 287 g/mol. The summed E-state index contributed by atoms with van der Waals surface area (Å²) in [5.74, 6) is -1.03. The summed E-state index contributed by atoms with van der Waals surface area (Å²) in [6.07, 6.45) is -0.0524. The van der Waals surface area contributed by atoms with E-state index in [4.69, 9.17) is 0 Å². The minimum atomic E-state index is -3.82. The largest absolute Gasteiger partial charge is 0.469 e. The summed E-state index contributed by atoms with van der Waals surface area (Å²) in [7, 11) is 0.0709. The fourth-order valence-corrected chi connectivity index (χ4v) is 2.60. The Labute approximate surface area is 117 Å². The Bertz CT molecular complexity index is 577. The maximum absolute atomic E-state index is 13.1. The zero-order valence-corrected chi connectivity index (χ0v) is 12.4. The maximum Gasteiger partial charge on any atom is 0.306 e. The van der Waals surface area contributed by atoms with E-state index in [1.165, 1.54) is 39.4 Å². The van der Waals surface area contributed by atoms with E-state index in [0.717, 1.165) is 14.7 Å². The molecule has 8 heteroatoms. The Kier molecular flexibility index (Phi) is 5.46. The quantitative estimate of drug-likeness (QED) is 0.735. The van der Waals surface area contributed by atoms with Gasteiger partial charge in [0.05, 0.1) is 19.2 Å². The van der Waals surface area contributed by atoms with E-state index < -0.39 is 22.0 Å². The summed E-state index contributed by atoms with van der Waals surface area (Å²) in [4.78, 5) is 11.0. The number of halogens is 1. The minimum Gasteiger partial charge on any atom is -0.469 e. The van der Waals surface area contributed by atoms with Crippen molar-refractivity contribution in [3.8, 4) is 0 Å². The van der Waals surface area contributed by atoms with Crippen molar-refractivity contribution >= 4 is 21.9 Å². The number of rotatable bonds is 6. The minimum absolute atomic E-state index is 0.0192. The van der Waals surface area contributed by atoms with Crippen molar-refractivity contribution < 1.29 is 22.3 Å². The average molecular weight is 304 g/mol. The molecule has 20 heavy (non-hydrogen) atoms. The second-order valence-corrected chi connectivity index (χ2v) is 6.17. The Balaban J connectivity index is 2.84. The summed E-state index contributed by atoms with van der Waals surface area (Å²) in [5.41, 5.74) is 0.204. The first-order valence-electron chi connectivity index (χ1n) is 5.81. The van der Waals surface area contributed by atoms with E-state index in [-0.39, 0.29) is 18.7 Å². The van der Waals surface area contributed by atoms with Gasteiger partial charge in [0.2, 0.25) is 0 Å². The van der Waals surface area contributed by atoms with E-state index in [1.54, 1.807) is 0 Å². The Morgan fingerprint density at radius 2 is 2.00 bits per heavy atom. The second-order valence-electron chi connectivity index (χ2n) is 4.10. The third-order valence-corrected chi connectivity index (χ3v) is 4.64. The van der Waals surface area contributed by atoms with Crippen LogP contribution in [-0.4, -0.2) is 46.4 Å². The molecule has 6 nitrogen and oxygen atoms in total. The van der Waals surface area contributed by atoms with Gasteiger partial charge in [-0.1, -0.05) is 6.07 Å². The van der Waals surface area contributed by atoms with E-state index in [0.29, 0.717) is 0 Å². The molecule has 0 heterocycles. The predicted octanol–water partition coefficient (Wildman–Crippen LogP) is 1.00. The fraction of sp³-hybridized carbons (Fsp3) is 0.417. The number of esters is 1. The molecular formula is C12H17FN2O4S. The Hall–Kier alpha value is -1.67. The highest BCUT2D eigenvalue weighted by Gasteiger charge is 2.24. The molecule has 0 amide bonds. The fourth-order valence-electron chi connectivity index (χ4n) is 1.48. The van der Waals surface area contributed by atoms with Gasteiger partial charge in [-0.25, -0.2) is 4.39 Å². The van der Waals surface area contributed by atoms with E-state index in [1.807, 2.05) is 0 Å². The van der Waals surface area contributed by atoms with Crippen molar-refractivity contribution in [2.24, 2.45) is 0 Å². The monoisotopic (exact) mass is 304 g/mol. The van der Waals surface area contributed by atoms with Gasteiger partial charge in [0.1, 0.15) is 5.82 Å². The highest BCUT2D eigenvalue weighted by Crippen LogP contribution is 2.18. The van der Waals surface area contributed by atoms with Crippen molar-refractivity contribution in [2.75, 3.05) is 32.1 Å². The molecule has 0 spiro atoms. The molecule has 0 atom stereocenters. The first-order chi connectivity index (χ1) is 9.28. The molecule has 0 unspecified atom stereocenters. The van der Waals surface area contributed by atoms with Crippen LogP contribution in [-0.2, 0) is 19.7 Å². The van der Waals surface area contributed by atoms with Gasteiger partial charge in [-0.15, -0.1) is 0 Å². The van der Waals surface area contributed by atoms with Crippen LogP contribution in [0.4, 0.5) is 10.1 Å². The molecule has 1 rings (SSSR count). The molecule has 0 aromatic heterocycles. The molecule has 0 aliphatic heterocycles. The molecule has 1 aromatic carbocycles. The van der Waals surface area contributed by atoms with E-state index >= 15 is 0 Å². The molecule has 0 bridgehead atoms. The van der Waals surface area contributed by atoms with Crippen LogP contribution >= 0.6 is 0 Å². The lowest BCUT2D eigenvalue weighted by Gasteiger charge is -2.25. The molecule has 0 radical (unpaired) electrons. The second kappa shape index (κ2) is 6.67. The average Bonchev–Trinajstić information content (AvgIpc) is 2.43. The lowest BCUT2D eigenvalue weighted by molar-refractivity contribution is -0.140. The Morgan fingerprint density at radius 3 is 2.55 bits per heavy atom. The van der Waals surface area contributed by atoms with Gasteiger partial charge in [-0.05, 0) is 18.2 Å². The molecule has 0 aliphatic carbocycles. The lowest BCUT2D eigenvalue weighted by atomic mass is 10.3. The molecule has 1 aromatic rings. The Morgan fingerprint density at radius 1 is 1.35 bits per heavy atom. The number of anilines is 1. The summed E-state index contributed by atoms with van der Waals surface area (Å²) >= 11 is 0. The van der Waals surface area contributed by atoms with Crippen molar-refractivity contribution in [2.45, 2.75) is 6.42 Å². The number of carbonyl (C=O) groups excluding carboxylic acids is 1. The van der Waals surface area contributed by atoms with Crippen LogP contribution < -0.4 is 4.31 Å². The number of hydrogen-bond acceptors (Lipinski definition) is 4. The molecule has 0 saturated heterocycles. The van der Waals surface area contributed by atoms with Crippen LogP contribution in [0.2, 0.25) is 0 Å². The van der Waals surface area contributed by atoms with Crippen LogP contribution in [0.25, 0.3) is 0 Å². The zero-order chi connectivity index (χ0) is 15.3. The normalized spacial score (nSPS) is 11.4. The van der Waals surface area contributed by atoms with Gasteiger partial charge >= 0.3 is 16.2 Å². The molecule has 0 aliphatic rings. The summed E-state index contributed by atoms with van der Waals surface area (Å²) in [5, 5.41) is 0. The molecule has 112 valence electrons. The van der Waals surface area contributed by atoms with Gasteiger partial charge in [-0.3, -0.25) is 9.10 Å². The van der Waals surface area contributed by atoms with Crippen LogP contribution in [0, 0.1) is 5.82 Å². The molecule has 0 N–H and O–H groups in total. The SMILES string of the molecule is COC(=O)CCN(C)S(=O)(=O)N(C)c1cccc(F)c1. The van der Waals surface area contributed by atoms with E-state index in [2.05, 4.69) is 4.74 Å². The topological polar surface area (TPSA) is 66.9 Å². The van der Waals surface area contributed by atoms with Crippen LogP contribution in [0.5, 0.6) is 0 Å². The van der Waals surface area contributed by atoms with Gasteiger partial charge < -0.3 is 4.74 Å². The summed E-state index contributed by atoms with van der Waals surface area (Å²) < 4.78 is 44.0. The molecule has 0 saturated carbocycles. The van der Waals surface area contributed by atoms with Crippen molar-refractivity contribution in [3.05, 3.63) is 30.1 Å². The predicted molar refractivity (Wildman–Crippen MR) is 73.0 cm³/mol. The van der Waals surface area contributed by atoms with Gasteiger partial charge in [0, 0.05) is 20.6 Å². The van der Waals surface area contributed by atoms with Gasteiger partial charge in [0.25, 0.3) is 0 Å². The van der Waals surface area contributed by atoms with Crippen LogP contribution in [0.15, 0.2) is 24.3 Å².